The van der Waals surface area contributed by atoms with Gasteiger partial charge in [0.05, 0.1) is 0 Å². The van der Waals surface area contributed by atoms with Gasteiger partial charge in [-0.25, -0.2) is 4.79 Å². The second kappa shape index (κ2) is 12.3. The molecule has 1 atom stereocenters. The SMILES string of the molecule is CCCCCCCCCCNC(=O)NC(=O)C(C)Cl. The van der Waals surface area contributed by atoms with Gasteiger partial charge in [0.2, 0.25) is 5.91 Å². The van der Waals surface area contributed by atoms with Crippen molar-refractivity contribution in [2.24, 2.45) is 0 Å². The van der Waals surface area contributed by atoms with Gasteiger partial charge in [0, 0.05) is 6.54 Å². The standard InChI is InChI=1S/C14H27ClN2O2/c1-3-4-5-6-7-8-9-10-11-16-14(19)17-13(18)12(2)15/h12H,3-11H2,1-2H3,(H2,16,17,18,19). The van der Waals surface area contributed by atoms with Crippen molar-refractivity contribution < 1.29 is 9.59 Å². The van der Waals surface area contributed by atoms with Crippen molar-refractivity contribution in [2.45, 2.75) is 70.6 Å². The average molecular weight is 291 g/mol. The van der Waals surface area contributed by atoms with Crippen LogP contribution in [0.2, 0.25) is 0 Å². The van der Waals surface area contributed by atoms with Crippen molar-refractivity contribution in [3.05, 3.63) is 0 Å². The van der Waals surface area contributed by atoms with Crippen LogP contribution in [0.15, 0.2) is 0 Å². The molecule has 0 aromatic heterocycles. The van der Waals surface area contributed by atoms with Crippen molar-refractivity contribution in [3.8, 4) is 0 Å². The number of urea groups is 1. The Morgan fingerprint density at radius 1 is 1.00 bits per heavy atom. The Morgan fingerprint density at radius 2 is 1.53 bits per heavy atom. The summed E-state index contributed by atoms with van der Waals surface area (Å²) in [5.41, 5.74) is 0. The van der Waals surface area contributed by atoms with Crippen LogP contribution in [0, 0.1) is 0 Å². The van der Waals surface area contributed by atoms with E-state index in [2.05, 4.69) is 17.6 Å². The third-order valence-electron chi connectivity index (χ3n) is 2.91. The van der Waals surface area contributed by atoms with E-state index in [-0.39, 0.29) is 0 Å². The maximum Gasteiger partial charge on any atom is 0.321 e. The van der Waals surface area contributed by atoms with E-state index < -0.39 is 17.3 Å². The zero-order chi connectivity index (χ0) is 14.5. The average Bonchev–Trinajstić information content (AvgIpc) is 2.36. The van der Waals surface area contributed by atoms with Gasteiger partial charge < -0.3 is 5.32 Å². The third-order valence-corrected chi connectivity index (χ3v) is 3.11. The molecule has 0 rings (SSSR count). The van der Waals surface area contributed by atoms with Gasteiger partial charge in [-0.3, -0.25) is 10.1 Å². The van der Waals surface area contributed by atoms with Gasteiger partial charge >= 0.3 is 6.03 Å². The molecule has 0 aliphatic heterocycles. The summed E-state index contributed by atoms with van der Waals surface area (Å²) in [6, 6.07) is -0.458. The number of amides is 3. The number of carbonyl (C=O) groups is 2. The number of halogens is 1. The molecule has 0 radical (unpaired) electrons. The lowest BCUT2D eigenvalue weighted by Crippen LogP contribution is -2.42. The highest BCUT2D eigenvalue weighted by Gasteiger charge is 2.11. The molecular weight excluding hydrogens is 264 g/mol. The highest BCUT2D eigenvalue weighted by Crippen LogP contribution is 2.07. The molecule has 0 saturated heterocycles. The second-order valence-electron chi connectivity index (χ2n) is 4.84. The maximum absolute atomic E-state index is 11.3. The van der Waals surface area contributed by atoms with Crippen molar-refractivity contribution >= 4 is 23.5 Å². The Kier molecular flexibility index (Phi) is 11.8. The van der Waals surface area contributed by atoms with E-state index in [0.29, 0.717) is 6.54 Å². The molecule has 0 fully saturated rings. The monoisotopic (exact) mass is 290 g/mol. The summed E-state index contributed by atoms with van der Waals surface area (Å²) in [6.45, 7) is 4.35. The van der Waals surface area contributed by atoms with Crippen LogP contribution in [0.1, 0.15) is 65.2 Å². The number of nitrogens with one attached hydrogen (secondary N) is 2. The van der Waals surface area contributed by atoms with E-state index in [4.69, 9.17) is 11.6 Å². The van der Waals surface area contributed by atoms with Crippen LogP contribution in [0.5, 0.6) is 0 Å². The minimum Gasteiger partial charge on any atom is -0.338 e. The van der Waals surface area contributed by atoms with E-state index in [1.54, 1.807) is 0 Å². The first kappa shape index (κ1) is 18.2. The van der Waals surface area contributed by atoms with E-state index in [0.717, 1.165) is 12.8 Å². The highest BCUT2D eigenvalue weighted by atomic mass is 35.5. The zero-order valence-electron chi connectivity index (χ0n) is 12.1. The van der Waals surface area contributed by atoms with Crippen LogP contribution in [0.3, 0.4) is 0 Å². The topological polar surface area (TPSA) is 58.2 Å². The highest BCUT2D eigenvalue weighted by molar-refractivity contribution is 6.31. The van der Waals surface area contributed by atoms with Crippen LogP contribution in [0.4, 0.5) is 4.79 Å². The quantitative estimate of drug-likeness (QED) is 0.477. The molecule has 19 heavy (non-hydrogen) atoms. The number of rotatable bonds is 10. The minimum atomic E-state index is -0.686. The zero-order valence-corrected chi connectivity index (χ0v) is 12.9. The molecule has 0 bridgehead atoms. The molecule has 0 heterocycles. The van der Waals surface area contributed by atoms with Gasteiger partial charge in [-0.2, -0.15) is 0 Å². The smallest absolute Gasteiger partial charge is 0.321 e. The van der Waals surface area contributed by atoms with Crippen LogP contribution < -0.4 is 10.6 Å². The number of unbranched alkanes of at least 4 members (excludes halogenated alkanes) is 7. The molecule has 112 valence electrons. The molecule has 0 spiro atoms. The van der Waals surface area contributed by atoms with Crippen molar-refractivity contribution in [3.63, 3.8) is 0 Å². The van der Waals surface area contributed by atoms with Gasteiger partial charge in [-0.1, -0.05) is 51.9 Å². The lowest BCUT2D eigenvalue weighted by Gasteiger charge is -2.07. The van der Waals surface area contributed by atoms with Gasteiger partial charge in [0.25, 0.3) is 0 Å². The minimum absolute atomic E-state index is 0.458. The van der Waals surface area contributed by atoms with Gasteiger partial charge in [-0.05, 0) is 13.3 Å². The number of hydrogen-bond acceptors (Lipinski definition) is 2. The van der Waals surface area contributed by atoms with E-state index in [1.807, 2.05) is 0 Å². The Morgan fingerprint density at radius 3 is 2.05 bits per heavy atom. The molecule has 0 aliphatic carbocycles. The molecule has 5 heteroatoms. The predicted molar refractivity (Wildman–Crippen MR) is 79.5 cm³/mol. The summed E-state index contributed by atoms with van der Waals surface area (Å²) in [5, 5.41) is 4.15. The summed E-state index contributed by atoms with van der Waals surface area (Å²) >= 11 is 5.53. The third kappa shape index (κ3) is 12.0. The van der Waals surface area contributed by atoms with Crippen molar-refractivity contribution in [2.75, 3.05) is 6.54 Å². The summed E-state index contributed by atoms with van der Waals surface area (Å²) < 4.78 is 0. The first-order chi connectivity index (χ1) is 9.07. The van der Waals surface area contributed by atoms with E-state index in [9.17, 15) is 9.59 Å². The first-order valence-electron chi connectivity index (χ1n) is 7.30. The largest absolute Gasteiger partial charge is 0.338 e. The molecule has 2 N–H and O–H groups in total. The van der Waals surface area contributed by atoms with Crippen LogP contribution in [-0.2, 0) is 4.79 Å². The van der Waals surface area contributed by atoms with Crippen LogP contribution in [0.25, 0.3) is 0 Å². The summed E-state index contributed by atoms with van der Waals surface area (Å²) in [6.07, 6.45) is 9.80. The summed E-state index contributed by atoms with van der Waals surface area (Å²) in [5.74, 6) is -0.463. The molecule has 0 saturated carbocycles. The number of imide groups is 1. The molecule has 1 unspecified atom stereocenters. The molecular formula is C14H27ClN2O2. The second-order valence-corrected chi connectivity index (χ2v) is 5.49. The molecule has 3 amide bonds. The summed E-state index contributed by atoms with van der Waals surface area (Å²) in [4.78, 5) is 22.4. The van der Waals surface area contributed by atoms with Crippen LogP contribution >= 0.6 is 11.6 Å². The lowest BCUT2D eigenvalue weighted by atomic mass is 10.1. The van der Waals surface area contributed by atoms with Crippen LogP contribution in [-0.4, -0.2) is 23.9 Å². The fourth-order valence-electron chi connectivity index (χ4n) is 1.72. The molecule has 4 nitrogen and oxygen atoms in total. The van der Waals surface area contributed by atoms with Gasteiger partial charge in [0.15, 0.2) is 0 Å². The predicted octanol–water partition coefficient (Wildman–Crippen LogP) is 3.58. The van der Waals surface area contributed by atoms with Crippen molar-refractivity contribution in [1.29, 1.82) is 0 Å². The maximum atomic E-state index is 11.3. The molecule has 0 aromatic carbocycles. The Labute approximate surface area is 121 Å². The molecule has 0 aliphatic rings. The number of carbonyl (C=O) groups excluding carboxylic acids is 2. The van der Waals surface area contributed by atoms with Gasteiger partial charge in [-0.15, -0.1) is 11.6 Å². The van der Waals surface area contributed by atoms with Crippen molar-refractivity contribution in [1.82, 2.24) is 10.6 Å². The Hall–Kier alpha value is -0.770. The number of hydrogen-bond donors (Lipinski definition) is 2. The molecule has 0 aromatic rings. The van der Waals surface area contributed by atoms with E-state index in [1.165, 1.54) is 45.4 Å². The Bertz CT molecular complexity index is 258. The fraction of sp³-hybridized carbons (Fsp3) is 0.857. The van der Waals surface area contributed by atoms with E-state index >= 15 is 0 Å². The van der Waals surface area contributed by atoms with Gasteiger partial charge in [0.1, 0.15) is 5.38 Å². The fourth-order valence-corrected chi connectivity index (χ4v) is 1.77. The normalized spacial score (nSPS) is 11.9. The first-order valence-corrected chi connectivity index (χ1v) is 7.74. The number of alkyl halides is 1. The summed E-state index contributed by atoms with van der Waals surface area (Å²) in [7, 11) is 0. The lowest BCUT2D eigenvalue weighted by molar-refractivity contribution is -0.119. The Balaban J connectivity index is 3.30.